The molecule has 0 aliphatic carbocycles. The Bertz CT molecular complexity index is 1010. The summed E-state index contributed by atoms with van der Waals surface area (Å²) in [6.07, 6.45) is 3.36. The fraction of sp³-hybridized carbons (Fsp3) is 0.389. The molecule has 10 heteroatoms. The molecular formula is C18H21N7O3. The van der Waals surface area contributed by atoms with Crippen molar-refractivity contribution in [2.24, 2.45) is 7.05 Å². The molecule has 4 rings (SSSR count). The van der Waals surface area contributed by atoms with Gasteiger partial charge in [-0.2, -0.15) is 5.10 Å². The van der Waals surface area contributed by atoms with E-state index in [4.69, 9.17) is 4.74 Å². The molecule has 0 N–H and O–H groups in total. The molecule has 1 aliphatic heterocycles. The van der Waals surface area contributed by atoms with Crippen LogP contribution in [-0.2, 0) is 7.05 Å². The highest BCUT2D eigenvalue weighted by Crippen LogP contribution is 2.32. The number of hydrogen-bond acceptors (Lipinski definition) is 8. The number of nitro benzene ring substituents is 1. The zero-order chi connectivity index (χ0) is 19.7. The third-order valence-electron chi connectivity index (χ3n) is 4.89. The van der Waals surface area contributed by atoms with E-state index < -0.39 is 4.92 Å². The van der Waals surface area contributed by atoms with E-state index in [1.807, 2.05) is 14.0 Å². The van der Waals surface area contributed by atoms with Gasteiger partial charge in [-0.1, -0.05) is 0 Å². The van der Waals surface area contributed by atoms with Crippen LogP contribution in [0.4, 0.5) is 17.2 Å². The van der Waals surface area contributed by atoms with E-state index in [9.17, 15) is 10.1 Å². The van der Waals surface area contributed by atoms with Crippen LogP contribution in [0.25, 0.3) is 11.0 Å². The Hall–Kier alpha value is -3.43. The van der Waals surface area contributed by atoms with E-state index >= 15 is 0 Å². The normalized spacial score (nSPS) is 14.5. The van der Waals surface area contributed by atoms with Gasteiger partial charge in [0.2, 0.25) is 0 Å². The lowest BCUT2D eigenvalue weighted by Crippen LogP contribution is -2.46. The molecule has 0 radical (unpaired) electrons. The van der Waals surface area contributed by atoms with Crippen LogP contribution in [-0.4, -0.2) is 57.5 Å². The Balaban J connectivity index is 1.52. The first kappa shape index (κ1) is 18.0. The molecule has 3 aromatic rings. The van der Waals surface area contributed by atoms with Gasteiger partial charge in [0.1, 0.15) is 12.1 Å². The zero-order valence-corrected chi connectivity index (χ0v) is 15.8. The fourth-order valence-corrected chi connectivity index (χ4v) is 3.50. The smallest absolute Gasteiger partial charge is 0.311 e. The van der Waals surface area contributed by atoms with Gasteiger partial charge >= 0.3 is 5.69 Å². The van der Waals surface area contributed by atoms with Crippen LogP contribution in [0, 0.1) is 10.1 Å². The molecular weight excluding hydrogens is 362 g/mol. The van der Waals surface area contributed by atoms with E-state index in [2.05, 4.69) is 24.9 Å². The van der Waals surface area contributed by atoms with Gasteiger partial charge in [0, 0.05) is 51.0 Å². The van der Waals surface area contributed by atoms with Crippen molar-refractivity contribution in [1.82, 2.24) is 19.7 Å². The summed E-state index contributed by atoms with van der Waals surface area (Å²) in [6, 6.07) is 5.04. The van der Waals surface area contributed by atoms with Gasteiger partial charge in [0.25, 0.3) is 0 Å². The summed E-state index contributed by atoms with van der Waals surface area (Å²) in [6.45, 7) is 5.30. The third kappa shape index (κ3) is 3.17. The van der Waals surface area contributed by atoms with Crippen LogP contribution < -0.4 is 14.5 Å². The molecule has 0 bridgehead atoms. The number of hydrogen-bond donors (Lipinski definition) is 0. The summed E-state index contributed by atoms with van der Waals surface area (Å²) < 4.78 is 7.20. The molecule has 1 aromatic carbocycles. The average Bonchev–Trinajstić information content (AvgIpc) is 3.09. The van der Waals surface area contributed by atoms with Gasteiger partial charge in [-0.05, 0) is 13.0 Å². The van der Waals surface area contributed by atoms with Gasteiger partial charge in [-0.25, -0.2) is 9.97 Å². The molecule has 2 aromatic heterocycles. The van der Waals surface area contributed by atoms with E-state index in [1.165, 1.54) is 6.07 Å². The number of aromatic nitrogens is 4. The largest absolute Gasteiger partial charge is 0.487 e. The van der Waals surface area contributed by atoms with E-state index in [0.717, 1.165) is 48.7 Å². The molecule has 3 heterocycles. The van der Waals surface area contributed by atoms with Gasteiger partial charge in [0.15, 0.2) is 11.4 Å². The average molecular weight is 383 g/mol. The second-order valence-corrected chi connectivity index (χ2v) is 6.52. The molecule has 0 unspecified atom stereocenters. The molecule has 0 saturated carbocycles. The van der Waals surface area contributed by atoms with Crippen molar-refractivity contribution in [2.75, 3.05) is 42.6 Å². The molecule has 1 aliphatic rings. The van der Waals surface area contributed by atoms with Crippen molar-refractivity contribution in [3.63, 3.8) is 0 Å². The van der Waals surface area contributed by atoms with Gasteiger partial charge in [0.05, 0.1) is 23.1 Å². The molecule has 0 amide bonds. The maximum Gasteiger partial charge on any atom is 0.311 e. The highest BCUT2D eigenvalue weighted by molar-refractivity contribution is 5.86. The Morgan fingerprint density at radius 1 is 1.18 bits per heavy atom. The lowest BCUT2D eigenvalue weighted by atomic mass is 10.2. The van der Waals surface area contributed by atoms with Crippen LogP contribution in [0.1, 0.15) is 6.92 Å². The van der Waals surface area contributed by atoms with E-state index in [-0.39, 0.29) is 5.69 Å². The number of anilines is 2. The minimum atomic E-state index is -0.416. The third-order valence-corrected chi connectivity index (χ3v) is 4.89. The quantitative estimate of drug-likeness (QED) is 0.487. The lowest BCUT2D eigenvalue weighted by Gasteiger charge is -2.36. The summed E-state index contributed by atoms with van der Waals surface area (Å²) >= 11 is 0. The van der Waals surface area contributed by atoms with Crippen molar-refractivity contribution < 1.29 is 9.66 Å². The first-order chi connectivity index (χ1) is 13.6. The predicted molar refractivity (Wildman–Crippen MR) is 105 cm³/mol. The van der Waals surface area contributed by atoms with Gasteiger partial charge in [-0.15, -0.1) is 0 Å². The van der Waals surface area contributed by atoms with Crippen molar-refractivity contribution in [3.8, 4) is 5.75 Å². The molecule has 0 atom stereocenters. The summed E-state index contributed by atoms with van der Waals surface area (Å²) in [5.41, 5.74) is 1.72. The Kier molecular flexibility index (Phi) is 4.68. The number of piperazine rings is 1. The second-order valence-electron chi connectivity index (χ2n) is 6.52. The summed E-state index contributed by atoms with van der Waals surface area (Å²) in [5, 5.41) is 16.4. The Morgan fingerprint density at radius 2 is 1.93 bits per heavy atom. The molecule has 10 nitrogen and oxygen atoms in total. The highest BCUT2D eigenvalue weighted by atomic mass is 16.6. The Labute approximate surface area is 161 Å². The van der Waals surface area contributed by atoms with E-state index in [1.54, 1.807) is 29.3 Å². The monoisotopic (exact) mass is 383 g/mol. The van der Waals surface area contributed by atoms with Crippen molar-refractivity contribution in [1.29, 1.82) is 0 Å². The first-order valence-corrected chi connectivity index (χ1v) is 9.12. The zero-order valence-electron chi connectivity index (χ0n) is 15.8. The van der Waals surface area contributed by atoms with Crippen molar-refractivity contribution in [3.05, 3.63) is 40.8 Å². The SMILES string of the molecule is CCOc1cc(N2CCN(c3ncnc4c3cnn4C)CC2)ccc1[N+](=O)[O-]. The van der Waals surface area contributed by atoms with Crippen molar-refractivity contribution >= 4 is 28.2 Å². The number of ether oxygens (including phenoxy) is 1. The molecule has 28 heavy (non-hydrogen) atoms. The topological polar surface area (TPSA) is 102 Å². The number of benzene rings is 1. The number of nitrogens with zero attached hydrogens (tertiary/aromatic N) is 7. The summed E-state index contributed by atoms with van der Waals surface area (Å²) in [5.74, 6) is 1.19. The van der Waals surface area contributed by atoms with E-state index in [0.29, 0.717) is 12.4 Å². The highest BCUT2D eigenvalue weighted by Gasteiger charge is 2.23. The maximum absolute atomic E-state index is 11.2. The Morgan fingerprint density at radius 3 is 2.64 bits per heavy atom. The number of aryl methyl sites for hydroxylation is 1. The standard InChI is InChI=1S/C18H21N7O3/c1-3-28-16-10-13(4-5-15(16)25(26)27)23-6-8-24(9-7-23)18-14-11-21-22(2)17(14)19-12-20-18/h4-5,10-12H,3,6-9H2,1-2H3. The van der Waals surface area contributed by atoms with Crippen molar-refractivity contribution in [2.45, 2.75) is 6.92 Å². The first-order valence-electron chi connectivity index (χ1n) is 9.12. The van der Waals surface area contributed by atoms with Crippen LogP contribution >= 0.6 is 0 Å². The predicted octanol–water partition coefficient (Wildman–Crippen LogP) is 2.00. The number of nitro groups is 1. The molecule has 0 spiro atoms. The van der Waals surface area contributed by atoms with Gasteiger partial charge < -0.3 is 14.5 Å². The van der Waals surface area contributed by atoms with Crippen LogP contribution in [0.15, 0.2) is 30.7 Å². The molecule has 1 fully saturated rings. The molecule has 146 valence electrons. The number of rotatable bonds is 5. The summed E-state index contributed by atoms with van der Waals surface area (Å²) in [4.78, 5) is 23.9. The van der Waals surface area contributed by atoms with Crippen LogP contribution in [0.2, 0.25) is 0 Å². The second kappa shape index (κ2) is 7.29. The van der Waals surface area contributed by atoms with Crippen LogP contribution in [0.5, 0.6) is 5.75 Å². The number of fused-ring (bicyclic) bond motifs is 1. The minimum absolute atomic E-state index is 0.0100. The van der Waals surface area contributed by atoms with Gasteiger partial charge in [-0.3, -0.25) is 14.8 Å². The minimum Gasteiger partial charge on any atom is -0.487 e. The molecule has 1 saturated heterocycles. The lowest BCUT2D eigenvalue weighted by molar-refractivity contribution is -0.385. The maximum atomic E-state index is 11.2. The fourth-order valence-electron chi connectivity index (χ4n) is 3.50. The van der Waals surface area contributed by atoms with Crippen LogP contribution in [0.3, 0.4) is 0 Å². The summed E-state index contributed by atoms with van der Waals surface area (Å²) in [7, 11) is 1.86.